The molecule has 0 bridgehead atoms. The lowest BCUT2D eigenvalue weighted by atomic mass is 10.2. The van der Waals surface area contributed by atoms with Gasteiger partial charge in [0.2, 0.25) is 0 Å². The van der Waals surface area contributed by atoms with E-state index in [1.54, 1.807) is 0 Å². The lowest BCUT2D eigenvalue weighted by Gasteiger charge is -2.35. The van der Waals surface area contributed by atoms with Crippen LogP contribution in [0.3, 0.4) is 0 Å². The molecule has 2 heterocycles. The second-order valence-corrected chi connectivity index (χ2v) is 5.01. The van der Waals surface area contributed by atoms with Gasteiger partial charge in [0.1, 0.15) is 0 Å². The van der Waals surface area contributed by atoms with Gasteiger partial charge in [0.25, 0.3) is 0 Å². The molecule has 0 aromatic carbocycles. The molecule has 1 aliphatic rings. The van der Waals surface area contributed by atoms with Gasteiger partial charge in [-0.25, -0.2) is 0 Å². The lowest BCUT2D eigenvalue weighted by Crippen LogP contribution is -2.47. The summed E-state index contributed by atoms with van der Waals surface area (Å²) in [6.07, 6.45) is 1.91. The fourth-order valence-corrected chi connectivity index (χ4v) is 2.48. The highest BCUT2D eigenvalue weighted by Gasteiger charge is 2.24. The standard InChI is InChI=1S/C14H23N3O2/c1-3-15-12-4-5-16-13(6-12)8-17-7-11(2)19-14(9-17)10-18/h4-6,11,14,18H,3,7-10H2,1-2H3,(H,15,16). The fourth-order valence-electron chi connectivity index (χ4n) is 2.48. The van der Waals surface area contributed by atoms with Crippen molar-refractivity contribution in [2.24, 2.45) is 0 Å². The van der Waals surface area contributed by atoms with E-state index in [0.717, 1.165) is 37.6 Å². The first kappa shape index (κ1) is 14.2. The Labute approximate surface area is 114 Å². The molecule has 0 radical (unpaired) electrons. The molecule has 5 nitrogen and oxygen atoms in total. The van der Waals surface area contributed by atoms with Crippen molar-refractivity contribution in [3.63, 3.8) is 0 Å². The Morgan fingerprint density at radius 2 is 2.37 bits per heavy atom. The highest BCUT2D eigenvalue weighted by Crippen LogP contribution is 2.15. The van der Waals surface area contributed by atoms with E-state index < -0.39 is 0 Å². The van der Waals surface area contributed by atoms with E-state index in [-0.39, 0.29) is 18.8 Å². The van der Waals surface area contributed by atoms with Crippen LogP contribution in [-0.4, -0.2) is 53.4 Å². The van der Waals surface area contributed by atoms with Gasteiger partial charge in [0.15, 0.2) is 0 Å². The van der Waals surface area contributed by atoms with Gasteiger partial charge in [-0.2, -0.15) is 0 Å². The highest BCUT2D eigenvalue weighted by molar-refractivity contribution is 5.42. The zero-order valence-electron chi connectivity index (χ0n) is 11.7. The van der Waals surface area contributed by atoms with Crippen LogP contribution in [-0.2, 0) is 11.3 Å². The van der Waals surface area contributed by atoms with Crippen molar-refractivity contribution < 1.29 is 9.84 Å². The number of aliphatic hydroxyl groups excluding tert-OH is 1. The summed E-state index contributed by atoms with van der Waals surface area (Å²) in [6, 6.07) is 4.06. The third-order valence-corrected chi connectivity index (χ3v) is 3.19. The topological polar surface area (TPSA) is 57.6 Å². The summed E-state index contributed by atoms with van der Waals surface area (Å²) < 4.78 is 5.64. The number of anilines is 1. The van der Waals surface area contributed by atoms with Gasteiger partial charge >= 0.3 is 0 Å². The number of aliphatic hydroxyl groups is 1. The number of hydrogen-bond acceptors (Lipinski definition) is 5. The van der Waals surface area contributed by atoms with E-state index in [9.17, 15) is 5.11 Å². The number of hydrogen-bond donors (Lipinski definition) is 2. The van der Waals surface area contributed by atoms with Crippen LogP contribution in [0.15, 0.2) is 18.3 Å². The SMILES string of the molecule is CCNc1ccnc(CN2CC(C)OC(CO)C2)c1. The summed E-state index contributed by atoms with van der Waals surface area (Å²) in [5.41, 5.74) is 2.15. The largest absolute Gasteiger partial charge is 0.394 e. The van der Waals surface area contributed by atoms with Crippen LogP contribution in [0.5, 0.6) is 0 Å². The van der Waals surface area contributed by atoms with Gasteiger partial charge in [0.05, 0.1) is 24.5 Å². The number of rotatable bonds is 5. The lowest BCUT2D eigenvalue weighted by molar-refractivity contribution is -0.0974. The molecule has 0 aliphatic carbocycles. The first-order chi connectivity index (χ1) is 9.21. The van der Waals surface area contributed by atoms with Crippen molar-refractivity contribution in [3.05, 3.63) is 24.0 Å². The minimum Gasteiger partial charge on any atom is -0.394 e. The maximum absolute atomic E-state index is 9.23. The number of morpholine rings is 1. The fraction of sp³-hybridized carbons (Fsp3) is 0.643. The quantitative estimate of drug-likeness (QED) is 0.835. The Balaban J connectivity index is 1.97. The molecule has 1 aromatic rings. The normalized spacial score (nSPS) is 24.4. The predicted octanol–water partition coefficient (Wildman–Crippen LogP) is 1.09. The van der Waals surface area contributed by atoms with Gasteiger partial charge in [-0.15, -0.1) is 0 Å². The van der Waals surface area contributed by atoms with Crippen LogP contribution < -0.4 is 5.32 Å². The van der Waals surface area contributed by atoms with E-state index >= 15 is 0 Å². The molecule has 1 fully saturated rings. The van der Waals surface area contributed by atoms with E-state index in [1.807, 2.05) is 19.2 Å². The van der Waals surface area contributed by atoms with Crippen molar-refractivity contribution in [3.8, 4) is 0 Å². The van der Waals surface area contributed by atoms with Crippen LogP contribution in [0.25, 0.3) is 0 Å². The Morgan fingerprint density at radius 1 is 1.53 bits per heavy atom. The maximum atomic E-state index is 9.23. The number of aromatic nitrogens is 1. The molecule has 2 unspecified atom stereocenters. The molecule has 1 saturated heterocycles. The van der Waals surface area contributed by atoms with Crippen LogP contribution in [0, 0.1) is 0 Å². The minimum atomic E-state index is -0.0827. The summed E-state index contributed by atoms with van der Waals surface area (Å²) in [4.78, 5) is 6.69. The van der Waals surface area contributed by atoms with Crippen LogP contribution in [0.2, 0.25) is 0 Å². The summed E-state index contributed by atoms with van der Waals surface area (Å²) in [7, 11) is 0. The van der Waals surface area contributed by atoms with Crippen molar-refractivity contribution in [1.82, 2.24) is 9.88 Å². The summed E-state index contributed by atoms with van der Waals surface area (Å²) in [6.45, 7) is 7.53. The minimum absolute atomic E-state index is 0.0751. The first-order valence-corrected chi connectivity index (χ1v) is 6.88. The molecule has 2 N–H and O–H groups in total. The van der Waals surface area contributed by atoms with Gasteiger partial charge < -0.3 is 15.2 Å². The van der Waals surface area contributed by atoms with Crippen LogP contribution >= 0.6 is 0 Å². The third-order valence-electron chi connectivity index (χ3n) is 3.19. The average molecular weight is 265 g/mol. The average Bonchev–Trinajstić information content (AvgIpc) is 2.39. The summed E-state index contributed by atoms with van der Waals surface area (Å²) in [5.74, 6) is 0. The third kappa shape index (κ3) is 4.16. The first-order valence-electron chi connectivity index (χ1n) is 6.88. The maximum Gasteiger partial charge on any atom is 0.0936 e. The van der Waals surface area contributed by atoms with Gasteiger partial charge in [-0.05, 0) is 26.0 Å². The Bertz CT molecular complexity index is 400. The second-order valence-electron chi connectivity index (χ2n) is 5.01. The Kier molecular flexibility index (Phi) is 5.13. The monoisotopic (exact) mass is 265 g/mol. The predicted molar refractivity (Wildman–Crippen MR) is 75.1 cm³/mol. The van der Waals surface area contributed by atoms with Crippen LogP contribution in [0.4, 0.5) is 5.69 Å². The Hall–Kier alpha value is -1.17. The van der Waals surface area contributed by atoms with Crippen molar-refractivity contribution in [1.29, 1.82) is 0 Å². The van der Waals surface area contributed by atoms with Gasteiger partial charge in [-0.3, -0.25) is 9.88 Å². The molecule has 106 valence electrons. The molecule has 2 atom stereocenters. The molecular formula is C14H23N3O2. The van der Waals surface area contributed by atoms with Crippen molar-refractivity contribution in [2.45, 2.75) is 32.6 Å². The summed E-state index contributed by atoms with van der Waals surface area (Å²) in [5, 5.41) is 12.5. The van der Waals surface area contributed by atoms with E-state index in [4.69, 9.17) is 4.74 Å². The number of pyridine rings is 1. The molecule has 1 aromatic heterocycles. The second kappa shape index (κ2) is 6.84. The van der Waals surface area contributed by atoms with Crippen molar-refractivity contribution in [2.75, 3.05) is 31.6 Å². The number of nitrogens with zero attached hydrogens (tertiary/aromatic N) is 2. The molecule has 0 saturated carbocycles. The molecule has 2 rings (SSSR count). The van der Waals surface area contributed by atoms with Crippen molar-refractivity contribution >= 4 is 5.69 Å². The zero-order chi connectivity index (χ0) is 13.7. The van der Waals surface area contributed by atoms with Gasteiger partial charge in [-0.1, -0.05) is 0 Å². The smallest absolute Gasteiger partial charge is 0.0936 e. The van der Waals surface area contributed by atoms with Crippen LogP contribution in [0.1, 0.15) is 19.5 Å². The summed E-state index contributed by atoms with van der Waals surface area (Å²) >= 11 is 0. The molecular weight excluding hydrogens is 242 g/mol. The number of ether oxygens (including phenoxy) is 1. The van der Waals surface area contributed by atoms with E-state index in [2.05, 4.69) is 28.2 Å². The highest BCUT2D eigenvalue weighted by atomic mass is 16.5. The molecule has 19 heavy (non-hydrogen) atoms. The number of nitrogens with one attached hydrogen (secondary N) is 1. The molecule has 1 aliphatic heterocycles. The molecule has 0 spiro atoms. The van der Waals surface area contributed by atoms with E-state index in [1.165, 1.54) is 0 Å². The van der Waals surface area contributed by atoms with E-state index in [0.29, 0.717) is 0 Å². The zero-order valence-corrected chi connectivity index (χ0v) is 11.7. The molecule has 0 amide bonds. The Morgan fingerprint density at radius 3 is 3.11 bits per heavy atom. The molecule has 5 heteroatoms. The van der Waals surface area contributed by atoms with Gasteiger partial charge in [0, 0.05) is 38.1 Å².